The zero-order valence-electron chi connectivity index (χ0n) is 15.4. The molecule has 9 heteroatoms. The Morgan fingerprint density at radius 3 is 2.59 bits per heavy atom. The first-order valence-electron chi connectivity index (χ1n) is 9.08. The van der Waals surface area contributed by atoms with Gasteiger partial charge in [-0.2, -0.15) is 0 Å². The fourth-order valence-electron chi connectivity index (χ4n) is 3.03. The van der Waals surface area contributed by atoms with E-state index in [1.54, 1.807) is 0 Å². The van der Waals surface area contributed by atoms with Gasteiger partial charge in [-0.15, -0.1) is 0 Å². The predicted octanol–water partition coefficient (Wildman–Crippen LogP) is 3.62. The minimum absolute atomic E-state index is 0.168. The first-order chi connectivity index (χ1) is 12.8. The fourth-order valence-corrected chi connectivity index (χ4v) is 4.46. The van der Waals surface area contributed by atoms with Gasteiger partial charge < -0.3 is 10.1 Å². The maximum absolute atomic E-state index is 12.2. The molecule has 0 unspecified atom stereocenters. The van der Waals surface area contributed by atoms with Crippen LogP contribution in [0.25, 0.3) is 0 Å². The quantitative estimate of drug-likeness (QED) is 0.599. The Morgan fingerprint density at radius 1 is 1.26 bits per heavy atom. The number of amides is 1. The lowest BCUT2D eigenvalue weighted by molar-refractivity contribution is -0.119. The molecule has 1 aliphatic carbocycles. The Bertz CT molecular complexity index is 737. The summed E-state index contributed by atoms with van der Waals surface area (Å²) in [6.45, 7) is 0.672. The van der Waals surface area contributed by atoms with E-state index in [1.165, 1.54) is 37.5 Å². The molecule has 0 saturated heterocycles. The molecule has 0 atom stereocenters. The molecule has 2 rings (SSSR count). The van der Waals surface area contributed by atoms with E-state index < -0.39 is 15.9 Å². The number of nitrogens with zero attached hydrogens (tertiary/aromatic N) is 1. The molecule has 27 heavy (non-hydrogen) atoms. The van der Waals surface area contributed by atoms with Crippen LogP contribution in [0.15, 0.2) is 18.2 Å². The summed E-state index contributed by atoms with van der Waals surface area (Å²) in [6.07, 6.45) is 7.99. The molecule has 6 nitrogen and oxygen atoms in total. The van der Waals surface area contributed by atoms with Crippen molar-refractivity contribution >= 4 is 44.8 Å². The van der Waals surface area contributed by atoms with E-state index in [2.05, 4.69) is 5.32 Å². The lowest BCUT2D eigenvalue weighted by Crippen LogP contribution is -2.41. The zero-order valence-corrected chi connectivity index (χ0v) is 17.7. The number of hydrogen-bond acceptors (Lipinski definition) is 4. The van der Waals surface area contributed by atoms with Gasteiger partial charge in [-0.05, 0) is 37.5 Å². The van der Waals surface area contributed by atoms with Crippen LogP contribution in [0.1, 0.15) is 38.5 Å². The number of benzene rings is 1. The second-order valence-corrected chi connectivity index (χ2v) is 9.45. The Kier molecular flexibility index (Phi) is 8.66. The monoisotopic (exact) mass is 436 g/mol. The molecular formula is C18H26Cl2N2O4S. The molecule has 1 aliphatic rings. The Hall–Kier alpha value is -1.02. The third kappa shape index (κ3) is 7.49. The van der Waals surface area contributed by atoms with E-state index in [4.69, 9.17) is 27.9 Å². The largest absolute Gasteiger partial charge is 0.378 e. The van der Waals surface area contributed by atoms with E-state index in [1.807, 2.05) is 0 Å². The number of anilines is 1. The molecule has 152 valence electrons. The van der Waals surface area contributed by atoms with Crippen molar-refractivity contribution in [2.24, 2.45) is 0 Å². The summed E-state index contributed by atoms with van der Waals surface area (Å²) in [6, 6.07) is 4.45. The molecule has 0 heterocycles. The van der Waals surface area contributed by atoms with Crippen LogP contribution in [0.2, 0.25) is 10.0 Å². The van der Waals surface area contributed by atoms with Crippen molar-refractivity contribution in [3.63, 3.8) is 0 Å². The van der Waals surface area contributed by atoms with Crippen molar-refractivity contribution in [1.82, 2.24) is 5.32 Å². The molecule has 0 aromatic heterocycles. The number of ether oxygens (including phenoxy) is 1. The van der Waals surface area contributed by atoms with Crippen LogP contribution in [-0.4, -0.2) is 46.4 Å². The highest BCUT2D eigenvalue weighted by Crippen LogP contribution is 2.30. The number of nitrogens with one attached hydrogen (secondary N) is 1. The maximum Gasteiger partial charge on any atom is 0.240 e. The number of halogens is 2. The molecule has 1 aromatic rings. The predicted molar refractivity (Wildman–Crippen MR) is 109 cm³/mol. The Labute approximate surface area is 171 Å². The van der Waals surface area contributed by atoms with Crippen LogP contribution in [0.3, 0.4) is 0 Å². The molecule has 1 amide bonds. The summed E-state index contributed by atoms with van der Waals surface area (Å²) in [4.78, 5) is 12.2. The molecule has 0 spiro atoms. The Balaban J connectivity index is 1.81. The third-order valence-electron chi connectivity index (χ3n) is 4.41. The topological polar surface area (TPSA) is 75.7 Å². The van der Waals surface area contributed by atoms with Gasteiger partial charge in [0.1, 0.15) is 6.54 Å². The number of carbonyl (C=O) groups excluding carboxylic acids is 1. The standard InChI is InChI=1S/C18H26Cl2N2O4S/c1-27(24,25)22(17-9-8-14(19)12-16(17)20)13-18(23)21-10-5-11-26-15-6-3-2-4-7-15/h8-9,12,15H,2-7,10-11,13H2,1H3,(H,21,23). The molecule has 1 saturated carbocycles. The number of carbonyl (C=O) groups is 1. The second-order valence-electron chi connectivity index (χ2n) is 6.70. The van der Waals surface area contributed by atoms with Crippen molar-refractivity contribution in [1.29, 1.82) is 0 Å². The van der Waals surface area contributed by atoms with Crippen molar-refractivity contribution in [2.45, 2.75) is 44.6 Å². The molecule has 1 N–H and O–H groups in total. The minimum atomic E-state index is -3.68. The van der Waals surface area contributed by atoms with Gasteiger partial charge in [-0.3, -0.25) is 9.10 Å². The van der Waals surface area contributed by atoms with Crippen molar-refractivity contribution in [3.8, 4) is 0 Å². The van der Waals surface area contributed by atoms with Gasteiger partial charge in [0.25, 0.3) is 0 Å². The van der Waals surface area contributed by atoms with Gasteiger partial charge in [-0.1, -0.05) is 42.5 Å². The number of hydrogen-bond donors (Lipinski definition) is 1. The van der Waals surface area contributed by atoms with Crippen molar-refractivity contribution < 1.29 is 17.9 Å². The van der Waals surface area contributed by atoms with Crippen LogP contribution < -0.4 is 9.62 Å². The molecule has 0 radical (unpaired) electrons. The van der Waals surface area contributed by atoms with Gasteiger partial charge in [0.05, 0.1) is 23.1 Å². The summed E-state index contributed by atoms with van der Waals surface area (Å²) >= 11 is 11.9. The van der Waals surface area contributed by atoms with Crippen molar-refractivity contribution in [2.75, 3.05) is 30.3 Å². The van der Waals surface area contributed by atoms with Crippen LogP contribution in [0, 0.1) is 0 Å². The molecule has 1 aromatic carbocycles. The van der Waals surface area contributed by atoms with Gasteiger partial charge in [-0.25, -0.2) is 8.42 Å². The van der Waals surface area contributed by atoms with E-state index >= 15 is 0 Å². The first kappa shape index (κ1) is 22.3. The van der Waals surface area contributed by atoms with Gasteiger partial charge in [0.2, 0.25) is 15.9 Å². The van der Waals surface area contributed by atoms with Crippen LogP contribution in [-0.2, 0) is 19.6 Å². The molecule has 0 bridgehead atoms. The summed E-state index contributed by atoms with van der Waals surface area (Å²) in [5, 5.41) is 3.29. The highest BCUT2D eigenvalue weighted by atomic mass is 35.5. The zero-order chi connectivity index (χ0) is 19.9. The van der Waals surface area contributed by atoms with Crippen LogP contribution in [0.4, 0.5) is 5.69 Å². The van der Waals surface area contributed by atoms with Crippen LogP contribution >= 0.6 is 23.2 Å². The van der Waals surface area contributed by atoms with Gasteiger partial charge in [0.15, 0.2) is 0 Å². The first-order valence-corrected chi connectivity index (χ1v) is 11.7. The molecule has 0 aliphatic heterocycles. The lowest BCUT2D eigenvalue weighted by atomic mass is 9.98. The van der Waals surface area contributed by atoms with E-state index in [9.17, 15) is 13.2 Å². The molecular weight excluding hydrogens is 411 g/mol. The SMILES string of the molecule is CS(=O)(=O)N(CC(=O)NCCCOC1CCCCC1)c1ccc(Cl)cc1Cl. The second kappa shape index (κ2) is 10.5. The lowest BCUT2D eigenvalue weighted by Gasteiger charge is -2.23. The van der Waals surface area contributed by atoms with E-state index in [0.717, 1.165) is 23.4 Å². The Morgan fingerprint density at radius 2 is 1.96 bits per heavy atom. The number of sulfonamides is 1. The third-order valence-corrected chi connectivity index (χ3v) is 6.08. The average Bonchev–Trinajstić information content (AvgIpc) is 2.60. The molecule has 1 fully saturated rings. The average molecular weight is 437 g/mol. The minimum Gasteiger partial charge on any atom is -0.378 e. The summed E-state index contributed by atoms with van der Waals surface area (Å²) < 4.78 is 31.0. The summed E-state index contributed by atoms with van der Waals surface area (Å²) in [5.74, 6) is -0.399. The van der Waals surface area contributed by atoms with Gasteiger partial charge in [0, 0.05) is 18.2 Å². The summed E-state index contributed by atoms with van der Waals surface area (Å²) in [7, 11) is -3.68. The smallest absolute Gasteiger partial charge is 0.240 e. The highest BCUT2D eigenvalue weighted by molar-refractivity contribution is 7.92. The highest BCUT2D eigenvalue weighted by Gasteiger charge is 2.23. The maximum atomic E-state index is 12.2. The van der Waals surface area contributed by atoms with Crippen molar-refractivity contribution in [3.05, 3.63) is 28.2 Å². The van der Waals surface area contributed by atoms with E-state index in [0.29, 0.717) is 30.7 Å². The van der Waals surface area contributed by atoms with Crippen LogP contribution in [0.5, 0.6) is 0 Å². The fraction of sp³-hybridized carbons (Fsp3) is 0.611. The summed E-state index contributed by atoms with van der Waals surface area (Å²) in [5.41, 5.74) is 0.222. The number of rotatable bonds is 9. The normalized spacial score (nSPS) is 15.5. The van der Waals surface area contributed by atoms with Gasteiger partial charge >= 0.3 is 0 Å². The van der Waals surface area contributed by atoms with E-state index in [-0.39, 0.29) is 17.3 Å².